The fraction of sp³-hybridized carbons (Fsp3) is 0.893. The summed E-state index contributed by atoms with van der Waals surface area (Å²) >= 11 is 0. The van der Waals surface area contributed by atoms with Gasteiger partial charge in [-0.15, -0.1) is 0 Å². The molecule has 3 saturated carbocycles. The van der Waals surface area contributed by atoms with E-state index in [4.69, 9.17) is 14.2 Å². The van der Waals surface area contributed by atoms with Crippen LogP contribution in [-0.4, -0.2) is 42.1 Å². The van der Waals surface area contributed by atoms with E-state index in [0.717, 1.165) is 44.9 Å². The largest absolute Gasteiger partial charge is 0.459 e. The average molecular weight is 473 g/mol. The zero-order valence-electron chi connectivity index (χ0n) is 21.1. The van der Waals surface area contributed by atoms with Crippen molar-refractivity contribution in [1.29, 1.82) is 0 Å². The van der Waals surface area contributed by atoms with Crippen molar-refractivity contribution in [3.63, 3.8) is 0 Å². The quantitative estimate of drug-likeness (QED) is 0.431. The van der Waals surface area contributed by atoms with E-state index in [-0.39, 0.29) is 46.8 Å². The van der Waals surface area contributed by atoms with Gasteiger partial charge in [-0.05, 0) is 79.4 Å². The molecule has 11 atom stereocenters. The number of carbonyl (C=O) groups excluding carboxylic acids is 3. The van der Waals surface area contributed by atoms with Gasteiger partial charge in [-0.3, -0.25) is 9.59 Å². The number of ether oxygens (including phenoxy) is 3. The summed E-state index contributed by atoms with van der Waals surface area (Å²) in [7, 11) is 0. The number of hydrogen-bond donors (Lipinski definition) is 0. The lowest BCUT2D eigenvalue weighted by Gasteiger charge is -2.66. The number of carbonyl (C=O) groups is 3. The third-order valence-electron chi connectivity index (χ3n) is 11.9. The van der Waals surface area contributed by atoms with E-state index in [0.29, 0.717) is 30.1 Å². The van der Waals surface area contributed by atoms with Crippen LogP contribution in [0.3, 0.4) is 0 Å². The van der Waals surface area contributed by atoms with Crippen LogP contribution in [0.1, 0.15) is 91.9 Å². The zero-order chi connectivity index (χ0) is 24.1. The van der Waals surface area contributed by atoms with Crippen LogP contribution in [0.4, 0.5) is 0 Å². The maximum Gasteiger partial charge on any atom is 0.309 e. The molecule has 0 N–H and O–H groups in total. The zero-order valence-corrected chi connectivity index (χ0v) is 21.1. The molecule has 6 heteroatoms. The fourth-order valence-electron chi connectivity index (χ4n) is 10.6. The van der Waals surface area contributed by atoms with Gasteiger partial charge in [-0.25, -0.2) is 0 Å². The molecular formula is C28H40O6. The van der Waals surface area contributed by atoms with Gasteiger partial charge in [0.2, 0.25) is 0 Å². The van der Waals surface area contributed by atoms with Gasteiger partial charge in [0.05, 0.1) is 12.5 Å². The predicted octanol–water partition coefficient (Wildman–Crippen LogP) is 4.62. The van der Waals surface area contributed by atoms with Crippen LogP contribution in [-0.2, 0) is 28.6 Å². The third-order valence-corrected chi connectivity index (χ3v) is 11.9. The Morgan fingerprint density at radius 2 is 1.82 bits per heavy atom. The molecule has 3 heterocycles. The summed E-state index contributed by atoms with van der Waals surface area (Å²) in [6.07, 6.45) is 9.97. The van der Waals surface area contributed by atoms with E-state index >= 15 is 0 Å². The third kappa shape index (κ3) is 2.87. The monoisotopic (exact) mass is 472 g/mol. The number of rotatable bonds is 2. The summed E-state index contributed by atoms with van der Waals surface area (Å²) in [4.78, 5) is 36.8. The van der Waals surface area contributed by atoms with Crippen molar-refractivity contribution in [3.05, 3.63) is 0 Å². The maximum absolute atomic E-state index is 12.3. The number of hydrogen-bond acceptors (Lipinski definition) is 6. The molecular weight excluding hydrogens is 432 g/mol. The SMILES string of the molecule is CC(=O)OC1CC2C(CCC3C2(C)CCC2C(C)(C=O)CCCC23C)C2CC3OC(=O)CC13O2. The smallest absolute Gasteiger partial charge is 0.309 e. The highest BCUT2D eigenvalue weighted by Crippen LogP contribution is 2.71. The second kappa shape index (κ2) is 7.30. The summed E-state index contributed by atoms with van der Waals surface area (Å²) < 4.78 is 18.4. The molecule has 0 radical (unpaired) electrons. The van der Waals surface area contributed by atoms with Gasteiger partial charge in [0.1, 0.15) is 18.5 Å². The van der Waals surface area contributed by atoms with Crippen molar-refractivity contribution in [2.24, 2.45) is 39.9 Å². The molecule has 6 aliphatic rings. The molecule has 3 aliphatic carbocycles. The summed E-state index contributed by atoms with van der Waals surface area (Å²) in [5, 5.41) is 0. The van der Waals surface area contributed by atoms with Gasteiger partial charge >= 0.3 is 11.9 Å². The van der Waals surface area contributed by atoms with Gasteiger partial charge < -0.3 is 19.0 Å². The van der Waals surface area contributed by atoms with Crippen molar-refractivity contribution in [1.82, 2.24) is 0 Å². The predicted molar refractivity (Wildman–Crippen MR) is 124 cm³/mol. The summed E-state index contributed by atoms with van der Waals surface area (Å²) in [5.41, 5.74) is -0.775. The Bertz CT molecular complexity index is 917. The molecule has 6 nitrogen and oxygen atoms in total. The van der Waals surface area contributed by atoms with Gasteiger partial charge in [-0.1, -0.05) is 27.2 Å². The first-order chi connectivity index (χ1) is 16.1. The Labute approximate surface area is 202 Å². The molecule has 6 rings (SSSR count). The lowest BCUT2D eigenvalue weighted by molar-refractivity contribution is -0.187. The van der Waals surface area contributed by atoms with Gasteiger partial charge in [0, 0.05) is 18.8 Å². The first kappa shape index (κ1) is 23.0. The highest BCUT2D eigenvalue weighted by Gasteiger charge is 2.70. The summed E-state index contributed by atoms with van der Waals surface area (Å²) in [5.74, 6) is 1.20. The van der Waals surface area contributed by atoms with Gasteiger partial charge in [0.15, 0.2) is 5.60 Å². The lowest BCUT2D eigenvalue weighted by atomic mass is 9.38. The standard InChI is InChI=1S/C28H40O6/c1-16(30)32-22-12-18-17(19-13-23-28(22,34-19)14-24(31)33-23)6-7-21-26(18,3)11-8-20-25(2,15-29)9-5-10-27(20,21)4/h15,17-23H,5-14H2,1-4H3. The van der Waals surface area contributed by atoms with Gasteiger partial charge in [-0.2, -0.15) is 0 Å². The Morgan fingerprint density at radius 3 is 2.56 bits per heavy atom. The van der Waals surface area contributed by atoms with Crippen LogP contribution in [0.5, 0.6) is 0 Å². The molecule has 3 saturated heterocycles. The van der Waals surface area contributed by atoms with Crippen LogP contribution < -0.4 is 0 Å². The summed E-state index contributed by atoms with van der Waals surface area (Å²) in [6.45, 7) is 8.61. The minimum atomic E-state index is -0.821. The second-order valence-corrected chi connectivity index (χ2v) is 13.3. The average Bonchev–Trinajstić information content (AvgIpc) is 3.21. The van der Waals surface area contributed by atoms with Crippen LogP contribution in [0.2, 0.25) is 0 Å². The van der Waals surface area contributed by atoms with Crippen molar-refractivity contribution in [3.8, 4) is 0 Å². The first-order valence-electron chi connectivity index (χ1n) is 13.6. The molecule has 0 aromatic carbocycles. The van der Waals surface area contributed by atoms with E-state index in [1.807, 2.05) is 0 Å². The van der Waals surface area contributed by atoms with E-state index in [9.17, 15) is 14.4 Å². The molecule has 34 heavy (non-hydrogen) atoms. The number of fused-ring (bicyclic) bond motifs is 7. The Balaban J connectivity index is 1.38. The Hall–Kier alpha value is -1.43. The summed E-state index contributed by atoms with van der Waals surface area (Å²) in [6, 6.07) is 0. The molecule has 3 aliphatic heterocycles. The molecule has 0 amide bonds. The minimum absolute atomic E-state index is 0.0542. The minimum Gasteiger partial charge on any atom is -0.459 e. The Morgan fingerprint density at radius 1 is 1.03 bits per heavy atom. The highest BCUT2D eigenvalue weighted by molar-refractivity contribution is 5.75. The molecule has 0 aromatic heterocycles. The topological polar surface area (TPSA) is 78.9 Å². The van der Waals surface area contributed by atoms with Crippen LogP contribution in [0.25, 0.3) is 0 Å². The lowest BCUT2D eigenvalue weighted by Crippen LogP contribution is -2.61. The maximum atomic E-state index is 12.3. The first-order valence-corrected chi connectivity index (χ1v) is 13.6. The number of esters is 2. The van der Waals surface area contributed by atoms with Crippen molar-refractivity contribution < 1.29 is 28.6 Å². The molecule has 6 fully saturated rings. The van der Waals surface area contributed by atoms with E-state index in [1.54, 1.807) is 0 Å². The van der Waals surface area contributed by atoms with Crippen LogP contribution in [0, 0.1) is 39.9 Å². The second-order valence-electron chi connectivity index (χ2n) is 13.3. The van der Waals surface area contributed by atoms with Gasteiger partial charge in [0.25, 0.3) is 0 Å². The molecule has 1 spiro atoms. The van der Waals surface area contributed by atoms with Crippen LogP contribution in [0.15, 0.2) is 0 Å². The normalized spacial score (nSPS) is 55.6. The van der Waals surface area contributed by atoms with Crippen molar-refractivity contribution >= 4 is 18.2 Å². The molecule has 188 valence electrons. The molecule has 11 unspecified atom stereocenters. The van der Waals surface area contributed by atoms with E-state index < -0.39 is 11.7 Å². The van der Waals surface area contributed by atoms with Crippen LogP contribution >= 0.6 is 0 Å². The fourth-order valence-corrected chi connectivity index (χ4v) is 10.6. The van der Waals surface area contributed by atoms with E-state index in [2.05, 4.69) is 20.8 Å². The van der Waals surface area contributed by atoms with Crippen molar-refractivity contribution in [2.45, 2.75) is 116 Å². The highest BCUT2D eigenvalue weighted by atomic mass is 16.6. The molecule has 2 bridgehead atoms. The number of aldehydes is 1. The van der Waals surface area contributed by atoms with Crippen molar-refractivity contribution in [2.75, 3.05) is 0 Å². The Kier molecular flexibility index (Phi) is 4.94. The van der Waals surface area contributed by atoms with E-state index in [1.165, 1.54) is 19.6 Å². The molecule has 0 aromatic rings.